The van der Waals surface area contributed by atoms with E-state index in [-0.39, 0.29) is 16.0 Å². The van der Waals surface area contributed by atoms with E-state index in [1.165, 1.54) is 19.2 Å². The van der Waals surface area contributed by atoms with E-state index in [1.54, 1.807) is 6.07 Å². The molecule has 2 N–H and O–H groups in total. The van der Waals surface area contributed by atoms with Crippen LogP contribution in [0.15, 0.2) is 23.1 Å². The first-order valence-corrected chi connectivity index (χ1v) is 8.45. The van der Waals surface area contributed by atoms with E-state index in [1.807, 2.05) is 0 Å². The lowest BCUT2D eigenvalue weighted by Crippen LogP contribution is -2.40. The molecule has 0 aromatic heterocycles. The van der Waals surface area contributed by atoms with Crippen molar-refractivity contribution >= 4 is 21.6 Å². The van der Waals surface area contributed by atoms with Crippen molar-refractivity contribution in [1.82, 2.24) is 10.0 Å². The summed E-state index contributed by atoms with van der Waals surface area (Å²) in [5, 5.41) is 3.51. The maximum absolute atomic E-state index is 12.3. The van der Waals surface area contributed by atoms with Crippen LogP contribution in [-0.2, 0) is 10.0 Å². The van der Waals surface area contributed by atoms with Crippen molar-refractivity contribution in [2.24, 2.45) is 0 Å². The van der Waals surface area contributed by atoms with Gasteiger partial charge in [0.15, 0.2) is 0 Å². The molecule has 1 aliphatic heterocycles. The Hall–Kier alpha value is -0.820. The summed E-state index contributed by atoms with van der Waals surface area (Å²) in [6, 6.07) is 4.38. The number of rotatable bonds is 4. The second-order valence-corrected chi connectivity index (χ2v) is 6.94. The summed E-state index contributed by atoms with van der Waals surface area (Å²) in [6.45, 7) is 1.59. The zero-order valence-corrected chi connectivity index (χ0v) is 12.9. The van der Waals surface area contributed by atoms with Gasteiger partial charge in [0.2, 0.25) is 10.0 Å². The monoisotopic (exact) mass is 318 g/mol. The molecule has 1 atom stereocenters. The summed E-state index contributed by atoms with van der Waals surface area (Å²) in [5.41, 5.74) is 0. The van der Waals surface area contributed by atoms with Gasteiger partial charge in [0.1, 0.15) is 5.75 Å². The van der Waals surface area contributed by atoms with E-state index in [9.17, 15) is 8.42 Å². The standard InChI is InChI=1S/C13H19ClN2O3S/c1-19-13-6-5-11(8-12(13)14)20(17,18)16-10-4-2-3-7-15-9-10/h5-6,8,10,15-16H,2-4,7,9H2,1H3. The molecule has 20 heavy (non-hydrogen) atoms. The molecule has 2 rings (SSSR count). The second kappa shape index (κ2) is 6.76. The van der Waals surface area contributed by atoms with E-state index in [0.29, 0.717) is 12.3 Å². The Kier molecular flexibility index (Phi) is 5.26. The molecule has 0 bridgehead atoms. The fourth-order valence-corrected chi connectivity index (χ4v) is 3.84. The van der Waals surface area contributed by atoms with Crippen LogP contribution in [0, 0.1) is 0 Å². The van der Waals surface area contributed by atoms with Gasteiger partial charge in [-0.3, -0.25) is 0 Å². The first-order valence-electron chi connectivity index (χ1n) is 6.59. The molecule has 7 heteroatoms. The minimum Gasteiger partial charge on any atom is -0.495 e. The van der Waals surface area contributed by atoms with Gasteiger partial charge in [-0.2, -0.15) is 0 Å². The smallest absolute Gasteiger partial charge is 0.240 e. The van der Waals surface area contributed by atoms with Gasteiger partial charge in [0.05, 0.1) is 17.0 Å². The molecule has 1 unspecified atom stereocenters. The Morgan fingerprint density at radius 3 is 2.90 bits per heavy atom. The van der Waals surface area contributed by atoms with Crippen molar-refractivity contribution in [2.75, 3.05) is 20.2 Å². The largest absolute Gasteiger partial charge is 0.495 e. The third kappa shape index (κ3) is 3.85. The van der Waals surface area contributed by atoms with Crippen LogP contribution in [0.25, 0.3) is 0 Å². The van der Waals surface area contributed by atoms with Crippen LogP contribution in [-0.4, -0.2) is 34.7 Å². The van der Waals surface area contributed by atoms with Gasteiger partial charge < -0.3 is 10.1 Å². The van der Waals surface area contributed by atoms with Gasteiger partial charge in [-0.25, -0.2) is 13.1 Å². The maximum Gasteiger partial charge on any atom is 0.240 e. The molecule has 1 aromatic rings. The Labute approximate surface area is 124 Å². The minimum absolute atomic E-state index is 0.0802. The van der Waals surface area contributed by atoms with Gasteiger partial charge in [-0.15, -0.1) is 0 Å². The van der Waals surface area contributed by atoms with Crippen LogP contribution >= 0.6 is 11.6 Å². The van der Waals surface area contributed by atoms with Gasteiger partial charge in [0, 0.05) is 12.6 Å². The Morgan fingerprint density at radius 2 is 2.20 bits per heavy atom. The summed E-state index contributed by atoms with van der Waals surface area (Å²) >= 11 is 5.97. The number of halogens is 1. The van der Waals surface area contributed by atoms with Crippen LogP contribution in [0.5, 0.6) is 5.75 Å². The van der Waals surface area contributed by atoms with Crippen molar-refractivity contribution < 1.29 is 13.2 Å². The molecule has 0 saturated carbocycles. The molecule has 0 aliphatic carbocycles. The van der Waals surface area contributed by atoms with E-state index in [0.717, 1.165) is 25.8 Å². The molecule has 5 nitrogen and oxygen atoms in total. The van der Waals surface area contributed by atoms with E-state index in [2.05, 4.69) is 10.0 Å². The Balaban J connectivity index is 2.15. The average molecular weight is 319 g/mol. The molecule has 0 amide bonds. The predicted octanol–water partition coefficient (Wildman–Crippen LogP) is 1.77. The number of hydrogen-bond acceptors (Lipinski definition) is 4. The third-order valence-electron chi connectivity index (χ3n) is 3.30. The lowest BCUT2D eigenvalue weighted by Gasteiger charge is -2.17. The predicted molar refractivity (Wildman–Crippen MR) is 78.8 cm³/mol. The summed E-state index contributed by atoms with van der Waals surface area (Å²) in [7, 11) is -2.06. The molecule has 0 radical (unpaired) electrons. The summed E-state index contributed by atoms with van der Waals surface area (Å²) in [4.78, 5) is 0.160. The highest BCUT2D eigenvalue weighted by Crippen LogP contribution is 2.27. The second-order valence-electron chi connectivity index (χ2n) is 4.81. The Morgan fingerprint density at radius 1 is 1.40 bits per heavy atom. The highest BCUT2D eigenvalue weighted by atomic mass is 35.5. The maximum atomic E-state index is 12.3. The quantitative estimate of drug-likeness (QED) is 0.888. The van der Waals surface area contributed by atoms with Crippen LogP contribution in [0.4, 0.5) is 0 Å². The van der Waals surface area contributed by atoms with Gasteiger partial charge in [-0.1, -0.05) is 18.0 Å². The SMILES string of the molecule is COc1ccc(S(=O)(=O)NC2CCCCNC2)cc1Cl. The first kappa shape index (κ1) is 15.6. The number of benzene rings is 1. The van der Waals surface area contributed by atoms with Crippen molar-refractivity contribution in [3.8, 4) is 5.75 Å². The van der Waals surface area contributed by atoms with Gasteiger partial charge in [-0.05, 0) is 37.6 Å². The molecule has 1 saturated heterocycles. The zero-order valence-electron chi connectivity index (χ0n) is 11.4. The fourth-order valence-electron chi connectivity index (χ4n) is 2.22. The lowest BCUT2D eigenvalue weighted by molar-refractivity contribution is 0.414. The van der Waals surface area contributed by atoms with E-state index in [4.69, 9.17) is 16.3 Å². The van der Waals surface area contributed by atoms with Crippen LogP contribution in [0.2, 0.25) is 5.02 Å². The molecule has 112 valence electrons. The normalized spacial score (nSPS) is 20.4. The number of hydrogen-bond donors (Lipinski definition) is 2. The number of sulfonamides is 1. The molecule has 1 aromatic carbocycles. The van der Waals surface area contributed by atoms with Crippen LogP contribution in [0.1, 0.15) is 19.3 Å². The van der Waals surface area contributed by atoms with E-state index >= 15 is 0 Å². The topological polar surface area (TPSA) is 67.4 Å². The first-order chi connectivity index (χ1) is 9.53. The highest BCUT2D eigenvalue weighted by Gasteiger charge is 2.21. The van der Waals surface area contributed by atoms with Crippen molar-refractivity contribution in [1.29, 1.82) is 0 Å². The molecular weight excluding hydrogens is 300 g/mol. The van der Waals surface area contributed by atoms with Crippen molar-refractivity contribution in [3.05, 3.63) is 23.2 Å². The molecular formula is C13H19ClN2O3S. The third-order valence-corrected chi connectivity index (χ3v) is 5.12. The zero-order chi connectivity index (χ0) is 14.6. The molecule has 1 aliphatic rings. The van der Waals surface area contributed by atoms with Gasteiger partial charge in [0.25, 0.3) is 0 Å². The molecule has 0 spiro atoms. The fraction of sp³-hybridized carbons (Fsp3) is 0.538. The summed E-state index contributed by atoms with van der Waals surface area (Å²) in [6.07, 6.45) is 2.94. The number of ether oxygens (including phenoxy) is 1. The minimum atomic E-state index is -3.55. The van der Waals surface area contributed by atoms with Crippen molar-refractivity contribution in [3.63, 3.8) is 0 Å². The highest BCUT2D eigenvalue weighted by molar-refractivity contribution is 7.89. The molecule has 1 fully saturated rings. The van der Waals surface area contributed by atoms with Crippen LogP contribution in [0.3, 0.4) is 0 Å². The van der Waals surface area contributed by atoms with Crippen LogP contribution < -0.4 is 14.8 Å². The lowest BCUT2D eigenvalue weighted by atomic mass is 10.2. The van der Waals surface area contributed by atoms with Crippen molar-refractivity contribution in [2.45, 2.75) is 30.2 Å². The molecule has 1 heterocycles. The summed E-state index contributed by atoms with van der Waals surface area (Å²) < 4.78 is 32.4. The summed E-state index contributed by atoms with van der Waals surface area (Å²) in [5.74, 6) is 0.460. The number of methoxy groups -OCH3 is 1. The average Bonchev–Trinajstić information content (AvgIpc) is 2.66. The van der Waals surface area contributed by atoms with E-state index < -0.39 is 10.0 Å². The Bertz CT molecular complexity index is 555. The van der Waals surface area contributed by atoms with Gasteiger partial charge >= 0.3 is 0 Å². The number of nitrogens with one attached hydrogen (secondary N) is 2.